The van der Waals surface area contributed by atoms with Gasteiger partial charge in [0.15, 0.2) is 0 Å². The van der Waals surface area contributed by atoms with Gasteiger partial charge in [-0.25, -0.2) is 0 Å². The van der Waals surface area contributed by atoms with Gasteiger partial charge >= 0.3 is 0 Å². The molecule has 0 radical (unpaired) electrons. The lowest BCUT2D eigenvalue weighted by molar-refractivity contribution is 1.02. The van der Waals surface area contributed by atoms with Crippen molar-refractivity contribution in [2.45, 2.75) is 0 Å². The quantitative estimate of drug-likeness (QED) is 0.693. The lowest BCUT2D eigenvalue weighted by Gasteiger charge is -2.03. The maximum Gasteiger partial charge on any atom is 0.0992 e. The number of nitrogens with one attached hydrogen (secondary N) is 1. The highest BCUT2D eigenvalue weighted by Crippen LogP contribution is 2.08. The number of rotatable bonds is 3. The van der Waals surface area contributed by atoms with Crippen molar-refractivity contribution in [2.75, 3.05) is 18.4 Å². The summed E-state index contributed by atoms with van der Waals surface area (Å²) in [5, 5.41) is 11.7. The summed E-state index contributed by atoms with van der Waals surface area (Å²) in [4.78, 5) is 0. The number of nitriles is 1. The summed E-state index contributed by atoms with van der Waals surface area (Å²) in [5.41, 5.74) is 6.93. The molecule has 0 saturated heterocycles. The molecule has 0 heterocycles. The van der Waals surface area contributed by atoms with Crippen molar-refractivity contribution in [2.24, 2.45) is 5.73 Å². The second-order valence-corrected chi connectivity index (χ2v) is 2.41. The monoisotopic (exact) mass is 161 g/mol. The molecule has 3 nitrogen and oxygen atoms in total. The Hall–Kier alpha value is -1.53. The summed E-state index contributed by atoms with van der Waals surface area (Å²) in [6.07, 6.45) is 0. The van der Waals surface area contributed by atoms with E-state index in [9.17, 15) is 0 Å². The number of nitrogens with zero attached hydrogens (tertiary/aromatic N) is 1. The van der Waals surface area contributed by atoms with E-state index >= 15 is 0 Å². The fraction of sp³-hybridized carbons (Fsp3) is 0.222. The predicted octanol–water partition coefficient (Wildman–Crippen LogP) is 0.929. The van der Waals surface area contributed by atoms with E-state index in [1.807, 2.05) is 12.1 Å². The van der Waals surface area contributed by atoms with Crippen molar-refractivity contribution in [3.8, 4) is 6.07 Å². The van der Waals surface area contributed by atoms with Crippen molar-refractivity contribution in [1.82, 2.24) is 0 Å². The molecule has 0 atom stereocenters. The number of hydrogen-bond donors (Lipinski definition) is 2. The summed E-state index contributed by atoms with van der Waals surface area (Å²) in [6, 6.07) is 9.40. The minimum absolute atomic E-state index is 0.594. The van der Waals surface area contributed by atoms with Gasteiger partial charge in [-0.1, -0.05) is 6.07 Å². The van der Waals surface area contributed by atoms with Gasteiger partial charge in [0, 0.05) is 18.8 Å². The molecule has 1 aromatic rings. The molecule has 1 rings (SSSR count). The van der Waals surface area contributed by atoms with Crippen molar-refractivity contribution in [3.63, 3.8) is 0 Å². The Morgan fingerprint density at radius 2 is 2.33 bits per heavy atom. The Bertz CT molecular complexity index is 288. The van der Waals surface area contributed by atoms with E-state index in [2.05, 4.69) is 11.4 Å². The van der Waals surface area contributed by atoms with Crippen molar-refractivity contribution < 1.29 is 0 Å². The molecule has 0 spiro atoms. The first-order chi connectivity index (χ1) is 5.86. The fourth-order valence-corrected chi connectivity index (χ4v) is 0.915. The third-order valence-corrected chi connectivity index (χ3v) is 1.47. The average Bonchev–Trinajstić information content (AvgIpc) is 2.15. The number of anilines is 1. The average molecular weight is 161 g/mol. The minimum atomic E-state index is 0.594. The predicted molar refractivity (Wildman–Crippen MR) is 48.7 cm³/mol. The van der Waals surface area contributed by atoms with Crippen LogP contribution in [0.5, 0.6) is 0 Å². The fourth-order valence-electron chi connectivity index (χ4n) is 0.915. The Labute approximate surface area is 71.8 Å². The summed E-state index contributed by atoms with van der Waals surface area (Å²) >= 11 is 0. The van der Waals surface area contributed by atoms with Gasteiger partial charge in [0.25, 0.3) is 0 Å². The first-order valence-electron chi connectivity index (χ1n) is 3.81. The van der Waals surface area contributed by atoms with Gasteiger partial charge in [0.2, 0.25) is 0 Å². The second kappa shape index (κ2) is 4.37. The highest BCUT2D eigenvalue weighted by molar-refractivity contribution is 5.48. The third-order valence-electron chi connectivity index (χ3n) is 1.47. The van der Waals surface area contributed by atoms with Crippen LogP contribution < -0.4 is 11.1 Å². The maximum atomic E-state index is 8.58. The molecule has 3 heteroatoms. The van der Waals surface area contributed by atoms with Gasteiger partial charge in [-0.3, -0.25) is 0 Å². The van der Waals surface area contributed by atoms with Crippen molar-refractivity contribution in [3.05, 3.63) is 29.8 Å². The lowest BCUT2D eigenvalue weighted by atomic mass is 10.2. The van der Waals surface area contributed by atoms with Crippen LogP contribution >= 0.6 is 0 Å². The Morgan fingerprint density at radius 3 is 3.00 bits per heavy atom. The molecule has 0 fully saturated rings. The standard InChI is InChI=1S/C9H11N3/c10-4-5-12-9-3-1-2-8(6-9)7-11/h1-3,6,12H,4-5,10H2. The van der Waals surface area contributed by atoms with Gasteiger partial charge in [0.05, 0.1) is 11.6 Å². The number of hydrogen-bond acceptors (Lipinski definition) is 3. The van der Waals surface area contributed by atoms with Crippen LogP contribution in [0, 0.1) is 11.3 Å². The van der Waals surface area contributed by atoms with E-state index in [4.69, 9.17) is 11.0 Å². The SMILES string of the molecule is N#Cc1cccc(NCCN)c1. The summed E-state index contributed by atoms with van der Waals surface area (Å²) in [6.45, 7) is 1.33. The Morgan fingerprint density at radius 1 is 1.50 bits per heavy atom. The first-order valence-corrected chi connectivity index (χ1v) is 3.81. The van der Waals surface area contributed by atoms with Crippen LogP contribution in [0.25, 0.3) is 0 Å². The zero-order valence-corrected chi connectivity index (χ0v) is 6.75. The van der Waals surface area contributed by atoms with Crippen molar-refractivity contribution in [1.29, 1.82) is 5.26 Å². The van der Waals surface area contributed by atoms with Crippen LogP contribution in [-0.2, 0) is 0 Å². The molecule has 0 unspecified atom stereocenters. The van der Waals surface area contributed by atoms with Crippen LogP contribution in [0.15, 0.2) is 24.3 Å². The Kier molecular flexibility index (Phi) is 3.12. The number of benzene rings is 1. The summed E-state index contributed by atoms with van der Waals surface area (Å²) in [5.74, 6) is 0. The van der Waals surface area contributed by atoms with Crippen molar-refractivity contribution >= 4 is 5.69 Å². The molecule has 3 N–H and O–H groups in total. The molecule has 62 valence electrons. The summed E-state index contributed by atoms with van der Waals surface area (Å²) in [7, 11) is 0. The van der Waals surface area contributed by atoms with Gasteiger partial charge in [-0.15, -0.1) is 0 Å². The van der Waals surface area contributed by atoms with Crippen LogP contribution in [0.1, 0.15) is 5.56 Å². The number of nitrogens with two attached hydrogens (primary N) is 1. The van der Waals surface area contributed by atoms with Gasteiger partial charge in [-0.05, 0) is 18.2 Å². The van der Waals surface area contributed by atoms with Crippen LogP contribution in [-0.4, -0.2) is 13.1 Å². The molecule has 0 aromatic heterocycles. The Balaban J connectivity index is 2.68. The van der Waals surface area contributed by atoms with E-state index in [0.717, 1.165) is 12.2 Å². The molecule has 0 aliphatic carbocycles. The topological polar surface area (TPSA) is 61.8 Å². The zero-order chi connectivity index (χ0) is 8.81. The molecule has 0 aliphatic heterocycles. The molecule has 0 amide bonds. The zero-order valence-electron chi connectivity index (χ0n) is 6.75. The van der Waals surface area contributed by atoms with E-state index in [-0.39, 0.29) is 0 Å². The normalized spacial score (nSPS) is 9.00. The van der Waals surface area contributed by atoms with E-state index in [1.54, 1.807) is 12.1 Å². The highest BCUT2D eigenvalue weighted by atomic mass is 14.9. The smallest absolute Gasteiger partial charge is 0.0992 e. The van der Waals surface area contributed by atoms with Crippen LogP contribution in [0.4, 0.5) is 5.69 Å². The lowest BCUT2D eigenvalue weighted by Crippen LogP contribution is -2.12. The first kappa shape index (κ1) is 8.57. The van der Waals surface area contributed by atoms with E-state index in [0.29, 0.717) is 12.1 Å². The molecular weight excluding hydrogens is 150 g/mol. The van der Waals surface area contributed by atoms with Gasteiger partial charge in [-0.2, -0.15) is 5.26 Å². The molecule has 0 bridgehead atoms. The summed E-state index contributed by atoms with van der Waals surface area (Å²) < 4.78 is 0. The molecule has 12 heavy (non-hydrogen) atoms. The molecule has 0 saturated carbocycles. The third kappa shape index (κ3) is 2.26. The molecule has 1 aromatic carbocycles. The van der Waals surface area contributed by atoms with E-state index in [1.165, 1.54) is 0 Å². The van der Waals surface area contributed by atoms with E-state index < -0.39 is 0 Å². The molecule has 0 aliphatic rings. The largest absolute Gasteiger partial charge is 0.384 e. The highest BCUT2D eigenvalue weighted by Gasteiger charge is 1.92. The van der Waals surface area contributed by atoms with Gasteiger partial charge in [0.1, 0.15) is 0 Å². The minimum Gasteiger partial charge on any atom is -0.384 e. The maximum absolute atomic E-state index is 8.58. The van der Waals surface area contributed by atoms with Crippen LogP contribution in [0.3, 0.4) is 0 Å². The second-order valence-electron chi connectivity index (χ2n) is 2.41. The molecular formula is C9H11N3. The van der Waals surface area contributed by atoms with Crippen LogP contribution in [0.2, 0.25) is 0 Å². The van der Waals surface area contributed by atoms with Gasteiger partial charge < -0.3 is 11.1 Å².